The lowest BCUT2D eigenvalue weighted by Crippen LogP contribution is -2.46. The molecule has 2 rings (SSSR count). The van der Waals surface area contributed by atoms with Crippen LogP contribution in [0.2, 0.25) is 0 Å². The molecule has 8 heteroatoms. The van der Waals surface area contributed by atoms with E-state index in [2.05, 4.69) is 5.32 Å². The predicted molar refractivity (Wildman–Crippen MR) is 102 cm³/mol. The van der Waals surface area contributed by atoms with Crippen molar-refractivity contribution in [1.29, 1.82) is 0 Å². The van der Waals surface area contributed by atoms with Crippen LogP contribution in [0.15, 0.2) is 18.2 Å². The molecule has 1 aliphatic heterocycles. The summed E-state index contributed by atoms with van der Waals surface area (Å²) in [6.07, 6.45) is -1.33. The molecule has 0 saturated carbocycles. The Morgan fingerprint density at radius 3 is 2.54 bits per heavy atom. The van der Waals surface area contributed by atoms with E-state index in [0.29, 0.717) is 11.5 Å². The molecule has 1 unspecified atom stereocenters. The Labute approximate surface area is 165 Å². The zero-order valence-corrected chi connectivity index (χ0v) is 17.0. The third-order valence-corrected chi connectivity index (χ3v) is 4.22. The third kappa shape index (κ3) is 5.87. The molecule has 1 atom stereocenters. The highest BCUT2D eigenvalue weighted by atomic mass is 16.6. The van der Waals surface area contributed by atoms with Gasteiger partial charge < -0.3 is 24.4 Å². The number of ketones is 1. The van der Waals surface area contributed by atoms with Crippen LogP contribution in [0.3, 0.4) is 0 Å². The minimum atomic E-state index is -1.00. The SMILES string of the molecule is COc1ccc(CN2CC(=O)CCC(OC(=O)NC(C)(C)C)C2=O)c(OC)c1. The number of hydrogen-bond donors (Lipinski definition) is 1. The summed E-state index contributed by atoms with van der Waals surface area (Å²) in [7, 11) is 3.08. The predicted octanol–water partition coefficient (Wildman–Crippen LogP) is 2.29. The standard InChI is InChI=1S/C20H28N2O6/c1-20(2,3)21-19(25)28-16-9-7-14(23)12-22(18(16)24)11-13-6-8-15(26-4)10-17(13)27-5/h6,8,10,16H,7,9,11-12H2,1-5H3,(H,21,25). The first-order valence-electron chi connectivity index (χ1n) is 9.13. The Morgan fingerprint density at radius 2 is 1.93 bits per heavy atom. The van der Waals surface area contributed by atoms with E-state index in [0.717, 1.165) is 5.56 Å². The quantitative estimate of drug-likeness (QED) is 0.826. The number of methoxy groups -OCH3 is 2. The highest BCUT2D eigenvalue weighted by Crippen LogP contribution is 2.27. The lowest BCUT2D eigenvalue weighted by molar-refractivity contribution is -0.141. The number of nitrogens with one attached hydrogen (secondary N) is 1. The van der Waals surface area contributed by atoms with Crippen LogP contribution in [0.25, 0.3) is 0 Å². The van der Waals surface area contributed by atoms with Gasteiger partial charge in [0.15, 0.2) is 11.9 Å². The molecule has 1 aliphatic rings. The molecule has 1 aromatic carbocycles. The summed E-state index contributed by atoms with van der Waals surface area (Å²) in [4.78, 5) is 38.5. The lowest BCUT2D eigenvalue weighted by Gasteiger charge is -2.26. The molecule has 0 aliphatic carbocycles. The molecule has 1 fully saturated rings. The Kier molecular flexibility index (Phi) is 6.88. The third-order valence-electron chi connectivity index (χ3n) is 4.22. The topological polar surface area (TPSA) is 94.2 Å². The number of rotatable bonds is 5. The highest BCUT2D eigenvalue weighted by Gasteiger charge is 2.34. The van der Waals surface area contributed by atoms with Crippen molar-refractivity contribution in [3.8, 4) is 11.5 Å². The number of ether oxygens (including phenoxy) is 3. The summed E-state index contributed by atoms with van der Waals surface area (Å²) in [5.74, 6) is 0.696. The number of Topliss-reactive ketones (excluding diaryl/α,β-unsaturated/α-hetero) is 1. The van der Waals surface area contributed by atoms with Gasteiger partial charge in [0.05, 0.1) is 20.8 Å². The van der Waals surface area contributed by atoms with E-state index < -0.39 is 23.6 Å². The minimum Gasteiger partial charge on any atom is -0.497 e. The number of nitrogens with zero attached hydrogens (tertiary/aromatic N) is 1. The van der Waals surface area contributed by atoms with Crippen molar-refractivity contribution >= 4 is 17.8 Å². The fourth-order valence-electron chi connectivity index (χ4n) is 2.89. The largest absolute Gasteiger partial charge is 0.497 e. The number of carbonyl (C=O) groups excluding carboxylic acids is 3. The second-order valence-corrected chi connectivity index (χ2v) is 7.72. The molecule has 0 aromatic heterocycles. The van der Waals surface area contributed by atoms with E-state index >= 15 is 0 Å². The van der Waals surface area contributed by atoms with Crippen molar-refractivity contribution < 1.29 is 28.6 Å². The maximum absolute atomic E-state index is 12.9. The summed E-state index contributed by atoms with van der Waals surface area (Å²) in [6.45, 7) is 5.58. The average Bonchev–Trinajstić information content (AvgIpc) is 2.74. The molecule has 1 aromatic rings. The van der Waals surface area contributed by atoms with Gasteiger partial charge in [-0.2, -0.15) is 0 Å². The Balaban J connectivity index is 2.17. The van der Waals surface area contributed by atoms with Crippen LogP contribution in [-0.2, 0) is 20.9 Å². The first-order chi connectivity index (χ1) is 13.1. The van der Waals surface area contributed by atoms with Crippen molar-refractivity contribution in [3.63, 3.8) is 0 Å². The van der Waals surface area contributed by atoms with Crippen molar-refractivity contribution in [2.75, 3.05) is 20.8 Å². The molecule has 154 valence electrons. The number of hydrogen-bond acceptors (Lipinski definition) is 6. The van der Waals surface area contributed by atoms with Crippen molar-refractivity contribution in [2.45, 2.75) is 51.8 Å². The molecule has 28 heavy (non-hydrogen) atoms. The lowest BCUT2D eigenvalue weighted by atomic mass is 10.1. The van der Waals surface area contributed by atoms with Crippen molar-refractivity contribution in [2.24, 2.45) is 0 Å². The van der Waals surface area contributed by atoms with Gasteiger partial charge in [-0.1, -0.05) is 0 Å². The van der Waals surface area contributed by atoms with Crippen LogP contribution in [0.1, 0.15) is 39.2 Å². The van der Waals surface area contributed by atoms with Gasteiger partial charge in [0, 0.05) is 36.6 Å². The number of benzene rings is 1. The summed E-state index contributed by atoms with van der Waals surface area (Å²) in [5.41, 5.74) is 0.237. The number of carbonyl (C=O) groups is 3. The molecule has 8 nitrogen and oxygen atoms in total. The normalized spacial score (nSPS) is 17.8. The van der Waals surface area contributed by atoms with E-state index in [1.807, 2.05) is 20.8 Å². The zero-order chi connectivity index (χ0) is 20.9. The van der Waals surface area contributed by atoms with Crippen LogP contribution in [-0.4, -0.2) is 55.1 Å². The van der Waals surface area contributed by atoms with Crippen molar-refractivity contribution in [1.82, 2.24) is 10.2 Å². The van der Waals surface area contributed by atoms with Crippen molar-refractivity contribution in [3.05, 3.63) is 23.8 Å². The fourth-order valence-corrected chi connectivity index (χ4v) is 2.89. The molecular weight excluding hydrogens is 364 g/mol. The second kappa shape index (κ2) is 8.95. The van der Waals surface area contributed by atoms with Crippen LogP contribution in [0, 0.1) is 0 Å². The molecule has 0 spiro atoms. The molecule has 0 bridgehead atoms. The first kappa shape index (κ1) is 21.5. The molecule has 0 radical (unpaired) electrons. The van der Waals surface area contributed by atoms with Gasteiger partial charge in [-0.15, -0.1) is 0 Å². The van der Waals surface area contributed by atoms with Gasteiger partial charge in [0.2, 0.25) is 0 Å². The summed E-state index contributed by atoms with van der Waals surface area (Å²) >= 11 is 0. The zero-order valence-electron chi connectivity index (χ0n) is 17.0. The van der Waals surface area contributed by atoms with E-state index in [1.54, 1.807) is 25.3 Å². The van der Waals surface area contributed by atoms with Crippen LogP contribution in [0.5, 0.6) is 11.5 Å². The average molecular weight is 392 g/mol. The summed E-state index contributed by atoms with van der Waals surface area (Å²) < 4.78 is 15.9. The van der Waals surface area contributed by atoms with E-state index in [1.165, 1.54) is 12.0 Å². The van der Waals surface area contributed by atoms with Gasteiger partial charge in [0.1, 0.15) is 11.5 Å². The van der Waals surface area contributed by atoms with Crippen LogP contribution < -0.4 is 14.8 Å². The highest BCUT2D eigenvalue weighted by molar-refractivity contribution is 5.91. The molecular formula is C20H28N2O6. The van der Waals surface area contributed by atoms with Crippen LogP contribution >= 0.6 is 0 Å². The smallest absolute Gasteiger partial charge is 0.408 e. The van der Waals surface area contributed by atoms with Gasteiger partial charge in [0.25, 0.3) is 5.91 Å². The first-order valence-corrected chi connectivity index (χ1v) is 9.13. The fraction of sp³-hybridized carbons (Fsp3) is 0.550. The van der Waals surface area contributed by atoms with Gasteiger partial charge in [-0.05, 0) is 32.9 Å². The maximum atomic E-state index is 12.9. The Hall–Kier alpha value is -2.77. The Bertz CT molecular complexity index is 741. The van der Waals surface area contributed by atoms with Gasteiger partial charge in [-0.25, -0.2) is 4.79 Å². The van der Waals surface area contributed by atoms with E-state index in [4.69, 9.17) is 14.2 Å². The van der Waals surface area contributed by atoms with Gasteiger partial charge in [-0.3, -0.25) is 9.59 Å². The number of amides is 2. The number of alkyl carbamates (subject to hydrolysis) is 1. The van der Waals surface area contributed by atoms with E-state index in [-0.39, 0.29) is 31.7 Å². The van der Waals surface area contributed by atoms with E-state index in [9.17, 15) is 14.4 Å². The van der Waals surface area contributed by atoms with Crippen LogP contribution in [0.4, 0.5) is 4.79 Å². The molecule has 1 heterocycles. The Morgan fingerprint density at radius 1 is 1.21 bits per heavy atom. The summed E-state index contributed by atoms with van der Waals surface area (Å²) in [5, 5.41) is 2.66. The monoisotopic (exact) mass is 392 g/mol. The van der Waals surface area contributed by atoms with Gasteiger partial charge >= 0.3 is 6.09 Å². The summed E-state index contributed by atoms with van der Waals surface area (Å²) in [6, 6.07) is 5.25. The number of likely N-dealkylation sites (tertiary alicyclic amines) is 1. The molecule has 1 N–H and O–H groups in total. The minimum absolute atomic E-state index is 0.0330. The molecule has 2 amide bonds. The maximum Gasteiger partial charge on any atom is 0.408 e. The second-order valence-electron chi connectivity index (χ2n) is 7.72. The molecule has 1 saturated heterocycles.